The minimum Gasteiger partial charge on any atom is -0.508 e. The molecule has 0 saturated heterocycles. The Bertz CT molecular complexity index is 940. The summed E-state index contributed by atoms with van der Waals surface area (Å²) < 4.78 is 7.49. The van der Waals surface area contributed by atoms with E-state index in [0.717, 1.165) is 16.8 Å². The highest BCUT2D eigenvalue weighted by Crippen LogP contribution is 2.42. The molecule has 5 nitrogen and oxygen atoms in total. The van der Waals surface area contributed by atoms with Crippen LogP contribution in [-0.4, -0.2) is 20.7 Å². The Balaban J connectivity index is 2.27. The van der Waals surface area contributed by atoms with E-state index in [1.54, 1.807) is 30.3 Å². The van der Waals surface area contributed by atoms with Crippen LogP contribution in [0.4, 0.5) is 0 Å². The average molecular weight is 339 g/mol. The number of aromatic nitrogens is 1. The number of carbonyl (C=O) groups is 1. The number of esters is 1. The highest BCUT2D eigenvalue weighted by atomic mass is 16.5. The van der Waals surface area contributed by atoms with Crippen LogP contribution in [-0.2, 0) is 11.3 Å². The van der Waals surface area contributed by atoms with Crippen molar-refractivity contribution in [1.29, 1.82) is 0 Å². The first kappa shape index (κ1) is 16.9. The van der Waals surface area contributed by atoms with Crippen molar-refractivity contribution in [2.75, 3.05) is 0 Å². The summed E-state index contributed by atoms with van der Waals surface area (Å²) >= 11 is 0. The molecule has 0 aliphatic heterocycles. The van der Waals surface area contributed by atoms with Gasteiger partial charge in [-0.3, -0.25) is 4.79 Å². The van der Waals surface area contributed by atoms with Crippen molar-refractivity contribution in [3.8, 4) is 17.2 Å². The van der Waals surface area contributed by atoms with E-state index < -0.39 is 5.97 Å². The Morgan fingerprint density at radius 1 is 1.16 bits per heavy atom. The number of nitrogens with zero attached hydrogens (tertiary/aromatic N) is 1. The summed E-state index contributed by atoms with van der Waals surface area (Å²) in [6.07, 6.45) is 0. The van der Waals surface area contributed by atoms with Crippen molar-refractivity contribution >= 4 is 16.9 Å². The first-order valence-electron chi connectivity index (χ1n) is 8.19. The summed E-state index contributed by atoms with van der Waals surface area (Å²) in [6.45, 7) is 5.86. The summed E-state index contributed by atoms with van der Waals surface area (Å²) in [4.78, 5) is 11.6. The predicted molar refractivity (Wildman–Crippen MR) is 96.2 cm³/mol. The second kappa shape index (κ2) is 6.51. The third-order valence-corrected chi connectivity index (χ3v) is 4.11. The fraction of sp³-hybridized carbons (Fsp3) is 0.250. The third kappa shape index (κ3) is 3.18. The molecule has 130 valence electrons. The van der Waals surface area contributed by atoms with Crippen LogP contribution in [0.25, 0.3) is 10.9 Å². The Hall–Kier alpha value is -2.95. The summed E-state index contributed by atoms with van der Waals surface area (Å²) in [5, 5.41) is 20.6. The van der Waals surface area contributed by atoms with Gasteiger partial charge in [0.25, 0.3) is 0 Å². The minimum atomic E-state index is -0.429. The smallest absolute Gasteiger partial charge is 0.308 e. The zero-order valence-electron chi connectivity index (χ0n) is 14.5. The number of hydrogen-bond acceptors (Lipinski definition) is 4. The monoisotopic (exact) mass is 339 g/mol. The largest absolute Gasteiger partial charge is 0.508 e. The van der Waals surface area contributed by atoms with Gasteiger partial charge in [-0.25, -0.2) is 0 Å². The number of ether oxygens (including phenoxy) is 1. The molecule has 0 atom stereocenters. The van der Waals surface area contributed by atoms with E-state index in [0.29, 0.717) is 17.7 Å². The lowest BCUT2D eigenvalue weighted by Gasteiger charge is -2.15. The second-order valence-corrected chi connectivity index (χ2v) is 6.39. The minimum absolute atomic E-state index is 0.0680. The summed E-state index contributed by atoms with van der Waals surface area (Å²) in [7, 11) is 0. The lowest BCUT2D eigenvalue weighted by molar-refractivity contribution is -0.131. The molecule has 2 aromatic carbocycles. The maximum Gasteiger partial charge on any atom is 0.308 e. The van der Waals surface area contributed by atoms with Crippen molar-refractivity contribution in [3.05, 3.63) is 53.7 Å². The SMILES string of the molecule is CC(=O)Oc1c(C(C)C)n(Cc2cccc(O)c2)c2cccc(O)c12. The Kier molecular flexibility index (Phi) is 4.40. The number of fused-ring (bicyclic) bond motifs is 1. The van der Waals surface area contributed by atoms with Crippen molar-refractivity contribution in [3.63, 3.8) is 0 Å². The summed E-state index contributed by atoms with van der Waals surface area (Å²) in [5.41, 5.74) is 2.52. The van der Waals surface area contributed by atoms with Gasteiger partial charge in [-0.15, -0.1) is 0 Å². The zero-order valence-corrected chi connectivity index (χ0v) is 14.5. The predicted octanol–water partition coefficient (Wildman–Crippen LogP) is 4.15. The molecular formula is C20H21NO4. The van der Waals surface area contributed by atoms with Gasteiger partial charge in [-0.1, -0.05) is 32.0 Å². The van der Waals surface area contributed by atoms with E-state index in [1.165, 1.54) is 6.92 Å². The van der Waals surface area contributed by atoms with E-state index in [9.17, 15) is 15.0 Å². The molecule has 0 spiro atoms. The van der Waals surface area contributed by atoms with Gasteiger partial charge in [-0.05, 0) is 35.7 Å². The van der Waals surface area contributed by atoms with Gasteiger partial charge >= 0.3 is 5.97 Å². The van der Waals surface area contributed by atoms with E-state index >= 15 is 0 Å². The maximum absolute atomic E-state index is 11.6. The quantitative estimate of drug-likeness (QED) is 0.701. The number of phenolic OH excluding ortho intramolecular Hbond substituents is 2. The molecule has 0 radical (unpaired) electrons. The van der Waals surface area contributed by atoms with Crippen LogP contribution in [0.1, 0.15) is 37.9 Å². The Labute approximate surface area is 146 Å². The van der Waals surface area contributed by atoms with Crippen LogP contribution >= 0.6 is 0 Å². The van der Waals surface area contributed by atoms with E-state index in [1.807, 2.05) is 30.5 Å². The average Bonchev–Trinajstić information content (AvgIpc) is 2.82. The molecule has 3 aromatic rings. The van der Waals surface area contributed by atoms with Gasteiger partial charge in [0.05, 0.1) is 16.6 Å². The molecule has 0 bridgehead atoms. The topological polar surface area (TPSA) is 71.7 Å². The zero-order chi connectivity index (χ0) is 18.1. The molecule has 2 N–H and O–H groups in total. The number of aromatic hydroxyl groups is 2. The molecule has 5 heteroatoms. The molecule has 0 saturated carbocycles. The normalized spacial score (nSPS) is 11.2. The lowest BCUT2D eigenvalue weighted by atomic mass is 10.1. The van der Waals surface area contributed by atoms with Crippen LogP contribution in [0.3, 0.4) is 0 Å². The second-order valence-electron chi connectivity index (χ2n) is 6.39. The number of benzene rings is 2. The van der Waals surface area contributed by atoms with Gasteiger partial charge in [0, 0.05) is 13.5 Å². The van der Waals surface area contributed by atoms with Crippen LogP contribution in [0, 0.1) is 0 Å². The summed E-state index contributed by atoms with van der Waals surface area (Å²) in [6, 6.07) is 12.3. The molecular weight excluding hydrogens is 318 g/mol. The highest BCUT2D eigenvalue weighted by molar-refractivity contribution is 5.95. The first-order chi connectivity index (χ1) is 11.9. The highest BCUT2D eigenvalue weighted by Gasteiger charge is 2.24. The molecule has 0 aliphatic rings. The standard InChI is InChI=1S/C20H21NO4/c1-12(2)19-20(25-13(3)22)18-16(8-5-9-17(18)24)21(19)11-14-6-4-7-15(23)10-14/h4-10,12,23-24H,11H2,1-3H3. The molecule has 0 unspecified atom stereocenters. The number of hydrogen-bond donors (Lipinski definition) is 2. The van der Waals surface area contributed by atoms with E-state index in [-0.39, 0.29) is 17.4 Å². The van der Waals surface area contributed by atoms with Crippen molar-refractivity contribution in [2.45, 2.75) is 33.2 Å². The number of carbonyl (C=O) groups excluding carboxylic acids is 1. The van der Waals surface area contributed by atoms with Gasteiger partial charge in [0.2, 0.25) is 0 Å². The Morgan fingerprint density at radius 2 is 1.88 bits per heavy atom. The van der Waals surface area contributed by atoms with Crippen molar-refractivity contribution < 1.29 is 19.7 Å². The van der Waals surface area contributed by atoms with Gasteiger partial charge in [-0.2, -0.15) is 0 Å². The van der Waals surface area contributed by atoms with Gasteiger partial charge < -0.3 is 19.5 Å². The van der Waals surface area contributed by atoms with E-state index in [4.69, 9.17) is 4.74 Å². The molecule has 0 amide bonds. The van der Waals surface area contributed by atoms with Crippen LogP contribution in [0.5, 0.6) is 17.2 Å². The number of rotatable bonds is 4. The third-order valence-electron chi connectivity index (χ3n) is 4.11. The fourth-order valence-electron chi connectivity index (χ4n) is 3.19. The molecule has 1 heterocycles. The fourth-order valence-corrected chi connectivity index (χ4v) is 3.19. The molecule has 3 rings (SSSR count). The summed E-state index contributed by atoms with van der Waals surface area (Å²) in [5.74, 6) is 0.309. The molecule has 25 heavy (non-hydrogen) atoms. The number of phenols is 2. The molecule has 0 aliphatic carbocycles. The van der Waals surface area contributed by atoms with Crippen molar-refractivity contribution in [1.82, 2.24) is 4.57 Å². The van der Waals surface area contributed by atoms with Crippen molar-refractivity contribution in [2.24, 2.45) is 0 Å². The van der Waals surface area contributed by atoms with Gasteiger partial charge in [0.15, 0.2) is 5.75 Å². The maximum atomic E-state index is 11.6. The van der Waals surface area contributed by atoms with Crippen LogP contribution in [0.15, 0.2) is 42.5 Å². The van der Waals surface area contributed by atoms with Crippen LogP contribution in [0.2, 0.25) is 0 Å². The molecule has 0 fully saturated rings. The van der Waals surface area contributed by atoms with Crippen LogP contribution < -0.4 is 4.74 Å². The lowest BCUT2D eigenvalue weighted by Crippen LogP contribution is -2.09. The van der Waals surface area contributed by atoms with Gasteiger partial charge in [0.1, 0.15) is 11.5 Å². The first-order valence-corrected chi connectivity index (χ1v) is 8.19. The Morgan fingerprint density at radius 3 is 2.52 bits per heavy atom. The van der Waals surface area contributed by atoms with E-state index in [2.05, 4.69) is 0 Å². The molecule has 1 aromatic heterocycles.